The zero-order chi connectivity index (χ0) is 19.6. The number of carbonyl (C=O) groups is 1. The third-order valence-corrected chi connectivity index (χ3v) is 5.72. The van der Waals surface area contributed by atoms with Gasteiger partial charge in [0.2, 0.25) is 5.91 Å². The summed E-state index contributed by atoms with van der Waals surface area (Å²) in [5.74, 6) is 0.969. The van der Waals surface area contributed by atoms with E-state index in [1.165, 1.54) is 11.1 Å². The third-order valence-electron chi connectivity index (χ3n) is 5.72. The Kier molecular flexibility index (Phi) is 4.91. The quantitative estimate of drug-likeness (QED) is 0.637. The Balaban J connectivity index is 1.74. The average molecular weight is 371 g/mol. The van der Waals surface area contributed by atoms with Gasteiger partial charge in [0.15, 0.2) is 0 Å². The summed E-state index contributed by atoms with van der Waals surface area (Å²) in [6.45, 7) is 2.80. The second-order valence-corrected chi connectivity index (χ2v) is 7.52. The van der Waals surface area contributed by atoms with Crippen LogP contribution < -0.4 is 9.64 Å². The fourth-order valence-corrected chi connectivity index (χ4v) is 4.20. The minimum atomic E-state index is -0.534. The number of methoxy groups -OCH3 is 1. The van der Waals surface area contributed by atoms with E-state index in [4.69, 9.17) is 4.74 Å². The van der Waals surface area contributed by atoms with Crippen molar-refractivity contribution in [3.05, 3.63) is 95.6 Å². The van der Waals surface area contributed by atoms with Crippen molar-refractivity contribution >= 4 is 11.6 Å². The molecule has 0 aromatic heterocycles. The number of amides is 1. The monoisotopic (exact) mass is 371 g/mol. The van der Waals surface area contributed by atoms with Gasteiger partial charge in [-0.2, -0.15) is 0 Å². The van der Waals surface area contributed by atoms with E-state index in [-0.39, 0.29) is 5.91 Å². The lowest BCUT2D eigenvalue weighted by Crippen LogP contribution is -2.40. The van der Waals surface area contributed by atoms with Crippen LogP contribution in [-0.2, 0) is 16.6 Å². The van der Waals surface area contributed by atoms with Crippen molar-refractivity contribution in [2.75, 3.05) is 18.6 Å². The molecule has 1 atom stereocenters. The number of benzene rings is 3. The Morgan fingerprint density at radius 3 is 2.39 bits per heavy atom. The van der Waals surface area contributed by atoms with E-state index in [0.717, 1.165) is 23.4 Å². The second kappa shape index (κ2) is 7.51. The number of anilines is 1. The van der Waals surface area contributed by atoms with Crippen molar-refractivity contribution in [1.82, 2.24) is 0 Å². The van der Waals surface area contributed by atoms with Gasteiger partial charge in [-0.3, -0.25) is 4.79 Å². The van der Waals surface area contributed by atoms with Gasteiger partial charge in [-0.25, -0.2) is 0 Å². The first-order chi connectivity index (χ1) is 13.6. The molecular weight excluding hydrogens is 346 g/mol. The molecule has 1 aliphatic heterocycles. The smallest absolute Gasteiger partial charge is 0.238 e. The standard InChI is InChI=1S/C25H25NO2/c1-19-7-6-10-21(17-19)25(18-20-8-4-3-5-9-20)15-16-26(24(25)27)22-11-13-23(28-2)14-12-22/h3-14,17H,15-16,18H2,1-2H3/t25-/m1/s1. The highest BCUT2D eigenvalue weighted by molar-refractivity contribution is 6.03. The molecule has 3 nitrogen and oxygen atoms in total. The molecule has 0 aliphatic carbocycles. The normalized spacial score (nSPS) is 19.1. The minimum absolute atomic E-state index is 0.173. The molecule has 0 spiro atoms. The fourth-order valence-electron chi connectivity index (χ4n) is 4.20. The molecule has 1 saturated heterocycles. The summed E-state index contributed by atoms with van der Waals surface area (Å²) in [5, 5.41) is 0. The average Bonchev–Trinajstić information content (AvgIpc) is 3.06. The molecule has 0 unspecified atom stereocenters. The van der Waals surface area contributed by atoms with Gasteiger partial charge < -0.3 is 9.64 Å². The Bertz CT molecular complexity index is 965. The van der Waals surface area contributed by atoms with Gasteiger partial charge in [0.1, 0.15) is 5.75 Å². The van der Waals surface area contributed by atoms with Crippen LogP contribution in [0.1, 0.15) is 23.1 Å². The molecule has 0 saturated carbocycles. The lowest BCUT2D eigenvalue weighted by Gasteiger charge is -2.29. The Morgan fingerprint density at radius 1 is 0.964 bits per heavy atom. The van der Waals surface area contributed by atoms with E-state index in [2.05, 4.69) is 43.3 Å². The van der Waals surface area contributed by atoms with Crippen molar-refractivity contribution in [1.29, 1.82) is 0 Å². The predicted molar refractivity (Wildman–Crippen MR) is 113 cm³/mol. The molecular formula is C25H25NO2. The van der Waals surface area contributed by atoms with Gasteiger partial charge in [-0.1, -0.05) is 60.2 Å². The molecule has 3 heteroatoms. The Labute approximate surface area is 166 Å². The van der Waals surface area contributed by atoms with Crippen LogP contribution in [0.3, 0.4) is 0 Å². The van der Waals surface area contributed by atoms with Crippen LogP contribution in [0.25, 0.3) is 0 Å². The lowest BCUT2D eigenvalue weighted by atomic mass is 9.74. The predicted octanol–water partition coefficient (Wildman–Crippen LogP) is 4.92. The summed E-state index contributed by atoms with van der Waals surface area (Å²) in [6, 6.07) is 26.5. The summed E-state index contributed by atoms with van der Waals surface area (Å²) >= 11 is 0. The summed E-state index contributed by atoms with van der Waals surface area (Å²) in [7, 11) is 1.65. The van der Waals surface area contributed by atoms with E-state index < -0.39 is 5.41 Å². The molecule has 4 rings (SSSR count). The highest BCUT2D eigenvalue weighted by atomic mass is 16.5. The fraction of sp³-hybridized carbons (Fsp3) is 0.240. The number of hydrogen-bond donors (Lipinski definition) is 0. The molecule has 1 heterocycles. The minimum Gasteiger partial charge on any atom is -0.497 e. The first kappa shape index (κ1) is 18.3. The van der Waals surface area contributed by atoms with Crippen molar-refractivity contribution < 1.29 is 9.53 Å². The number of aryl methyl sites for hydroxylation is 1. The summed E-state index contributed by atoms with van der Waals surface area (Å²) in [5.41, 5.74) is 3.87. The molecule has 0 bridgehead atoms. The van der Waals surface area contributed by atoms with Gasteiger partial charge in [-0.15, -0.1) is 0 Å². The molecule has 3 aromatic carbocycles. The zero-order valence-electron chi connectivity index (χ0n) is 16.4. The summed E-state index contributed by atoms with van der Waals surface area (Å²) in [6.07, 6.45) is 1.51. The highest BCUT2D eigenvalue weighted by Crippen LogP contribution is 2.41. The largest absolute Gasteiger partial charge is 0.497 e. The van der Waals surface area contributed by atoms with Crippen LogP contribution in [0.4, 0.5) is 5.69 Å². The van der Waals surface area contributed by atoms with Gasteiger partial charge in [-0.05, 0) is 55.2 Å². The van der Waals surface area contributed by atoms with Gasteiger partial charge >= 0.3 is 0 Å². The van der Waals surface area contributed by atoms with Crippen molar-refractivity contribution in [3.8, 4) is 5.75 Å². The number of rotatable bonds is 5. The topological polar surface area (TPSA) is 29.5 Å². The molecule has 1 amide bonds. The van der Waals surface area contributed by atoms with E-state index in [9.17, 15) is 4.79 Å². The van der Waals surface area contributed by atoms with Crippen LogP contribution in [0.2, 0.25) is 0 Å². The second-order valence-electron chi connectivity index (χ2n) is 7.52. The lowest BCUT2D eigenvalue weighted by molar-refractivity contribution is -0.121. The van der Waals surface area contributed by atoms with E-state index >= 15 is 0 Å². The zero-order valence-corrected chi connectivity index (χ0v) is 16.4. The van der Waals surface area contributed by atoms with Crippen LogP contribution in [0, 0.1) is 6.92 Å². The summed E-state index contributed by atoms with van der Waals surface area (Å²) in [4.78, 5) is 15.7. The van der Waals surface area contributed by atoms with Crippen LogP contribution >= 0.6 is 0 Å². The molecule has 1 fully saturated rings. The van der Waals surface area contributed by atoms with Crippen LogP contribution in [-0.4, -0.2) is 19.6 Å². The number of carbonyl (C=O) groups excluding carboxylic acids is 1. The molecule has 1 aliphatic rings. The van der Waals surface area contributed by atoms with Crippen molar-refractivity contribution in [3.63, 3.8) is 0 Å². The van der Waals surface area contributed by atoms with E-state index in [0.29, 0.717) is 13.0 Å². The van der Waals surface area contributed by atoms with Gasteiger partial charge in [0, 0.05) is 12.2 Å². The maximum absolute atomic E-state index is 13.8. The number of ether oxygens (including phenoxy) is 1. The third kappa shape index (κ3) is 3.29. The van der Waals surface area contributed by atoms with Gasteiger partial charge in [0.05, 0.1) is 12.5 Å². The van der Waals surface area contributed by atoms with Crippen LogP contribution in [0.5, 0.6) is 5.75 Å². The van der Waals surface area contributed by atoms with Gasteiger partial charge in [0.25, 0.3) is 0 Å². The number of hydrogen-bond acceptors (Lipinski definition) is 2. The maximum Gasteiger partial charge on any atom is 0.238 e. The molecule has 3 aromatic rings. The molecule has 0 radical (unpaired) electrons. The Morgan fingerprint density at radius 2 is 1.71 bits per heavy atom. The SMILES string of the molecule is COc1ccc(N2CC[C@@](Cc3ccccc3)(c3cccc(C)c3)C2=O)cc1. The maximum atomic E-state index is 13.8. The van der Waals surface area contributed by atoms with Crippen LogP contribution in [0.15, 0.2) is 78.9 Å². The molecule has 142 valence electrons. The van der Waals surface area contributed by atoms with Crippen molar-refractivity contribution in [2.24, 2.45) is 0 Å². The van der Waals surface area contributed by atoms with E-state index in [1.807, 2.05) is 47.4 Å². The first-order valence-corrected chi connectivity index (χ1v) is 9.69. The van der Waals surface area contributed by atoms with E-state index in [1.54, 1.807) is 7.11 Å². The highest BCUT2D eigenvalue weighted by Gasteiger charge is 2.48. The Hall–Kier alpha value is -3.07. The first-order valence-electron chi connectivity index (χ1n) is 9.69. The van der Waals surface area contributed by atoms with Crippen molar-refractivity contribution in [2.45, 2.75) is 25.2 Å². The number of nitrogens with zero attached hydrogens (tertiary/aromatic N) is 1. The molecule has 28 heavy (non-hydrogen) atoms. The molecule has 0 N–H and O–H groups in total. The summed E-state index contributed by atoms with van der Waals surface area (Å²) < 4.78 is 5.26.